The van der Waals surface area contributed by atoms with Crippen LogP contribution in [0.4, 0.5) is 9.59 Å². The Balaban J connectivity index is 2.76. The second kappa shape index (κ2) is 10.3. The van der Waals surface area contributed by atoms with E-state index in [9.17, 15) is 9.59 Å². The van der Waals surface area contributed by atoms with E-state index >= 15 is 0 Å². The number of nitrogens with one attached hydrogen (secondary N) is 1. The molecular weight excluding hydrogens is 296 g/mol. The van der Waals surface area contributed by atoms with Crippen LogP contribution >= 0.6 is 0 Å². The number of aryl methyl sites for hydroxylation is 1. The zero-order valence-electron chi connectivity index (χ0n) is 13.7. The predicted molar refractivity (Wildman–Crippen MR) is 87.8 cm³/mol. The quantitative estimate of drug-likeness (QED) is 0.618. The minimum atomic E-state index is -0.702. The average Bonchev–Trinajstić information content (AvgIpc) is 2.55. The molecule has 0 radical (unpaired) electrons. The van der Waals surface area contributed by atoms with Gasteiger partial charge in [-0.3, -0.25) is 0 Å². The average molecular weight is 320 g/mol. The summed E-state index contributed by atoms with van der Waals surface area (Å²) >= 11 is 0. The highest BCUT2D eigenvalue weighted by molar-refractivity contribution is 5.74. The first-order chi connectivity index (χ1) is 11.1. The van der Waals surface area contributed by atoms with E-state index < -0.39 is 18.2 Å². The van der Waals surface area contributed by atoms with E-state index in [4.69, 9.17) is 9.47 Å². The van der Waals surface area contributed by atoms with Crippen molar-refractivity contribution >= 4 is 12.2 Å². The van der Waals surface area contributed by atoms with E-state index in [-0.39, 0.29) is 13.2 Å². The van der Waals surface area contributed by atoms with Crippen LogP contribution in [0.15, 0.2) is 43.0 Å². The lowest BCUT2D eigenvalue weighted by molar-refractivity contribution is 0.0620. The molecule has 1 N–H and O–H groups in total. The van der Waals surface area contributed by atoms with Gasteiger partial charge in [-0.25, -0.2) is 20.0 Å². The molecule has 0 saturated carbocycles. The fourth-order valence-electron chi connectivity index (χ4n) is 2.03. The van der Waals surface area contributed by atoms with Gasteiger partial charge in [-0.2, -0.15) is 0 Å². The van der Waals surface area contributed by atoms with Gasteiger partial charge in [-0.15, -0.1) is 6.58 Å². The number of carbonyl (C=O) groups is 2. The van der Waals surface area contributed by atoms with Crippen molar-refractivity contribution in [3.8, 4) is 0 Å². The van der Waals surface area contributed by atoms with Gasteiger partial charge in [0.1, 0.15) is 0 Å². The summed E-state index contributed by atoms with van der Waals surface area (Å²) in [5, 5.41) is 1.12. The Kier molecular flexibility index (Phi) is 8.28. The van der Waals surface area contributed by atoms with Crippen LogP contribution in [0.25, 0.3) is 0 Å². The lowest BCUT2D eigenvalue weighted by atomic mass is 10.1. The summed E-state index contributed by atoms with van der Waals surface area (Å²) < 4.78 is 9.81. The minimum Gasteiger partial charge on any atom is -0.449 e. The molecular formula is C17H24N2O4. The summed E-state index contributed by atoms with van der Waals surface area (Å²) in [6, 6.07) is 9.47. The molecule has 0 spiro atoms. The standard InChI is InChI=1S/C17H24N2O4/c1-4-15(13-12-14-10-8-7-9-11-14)19(17(21)23-6-3)18-16(20)22-5-2/h4,7-11,15H,1,5-6,12-13H2,2-3H3,(H,18,20). The van der Waals surface area contributed by atoms with E-state index in [2.05, 4.69) is 12.0 Å². The smallest absolute Gasteiger partial charge is 0.429 e. The number of benzene rings is 1. The van der Waals surface area contributed by atoms with Gasteiger partial charge in [0.15, 0.2) is 0 Å². The maximum Gasteiger partial charge on any atom is 0.429 e. The number of nitrogens with zero attached hydrogens (tertiary/aromatic N) is 1. The van der Waals surface area contributed by atoms with Crippen LogP contribution in [-0.2, 0) is 15.9 Å². The Morgan fingerprint density at radius 2 is 1.87 bits per heavy atom. The number of hydrazine groups is 1. The highest BCUT2D eigenvalue weighted by Crippen LogP contribution is 2.11. The van der Waals surface area contributed by atoms with Crippen LogP contribution in [0.5, 0.6) is 0 Å². The summed E-state index contributed by atoms with van der Waals surface area (Å²) in [4.78, 5) is 23.7. The van der Waals surface area contributed by atoms with Crippen LogP contribution in [-0.4, -0.2) is 36.5 Å². The van der Waals surface area contributed by atoms with Crippen LogP contribution in [0.1, 0.15) is 25.8 Å². The fraction of sp³-hybridized carbons (Fsp3) is 0.412. The Hall–Kier alpha value is -2.50. The van der Waals surface area contributed by atoms with Crippen LogP contribution in [0.2, 0.25) is 0 Å². The number of rotatable bonds is 7. The Morgan fingerprint density at radius 3 is 2.43 bits per heavy atom. The van der Waals surface area contributed by atoms with E-state index in [1.807, 2.05) is 30.3 Å². The second-order valence-electron chi connectivity index (χ2n) is 4.73. The van der Waals surface area contributed by atoms with Crippen LogP contribution in [0, 0.1) is 0 Å². The first-order valence-electron chi connectivity index (χ1n) is 7.68. The largest absolute Gasteiger partial charge is 0.449 e. The highest BCUT2D eigenvalue weighted by atomic mass is 16.6. The lowest BCUT2D eigenvalue weighted by Gasteiger charge is -2.28. The van der Waals surface area contributed by atoms with Gasteiger partial charge in [0.2, 0.25) is 0 Å². The SMILES string of the molecule is C=CC(CCc1ccccc1)N(NC(=O)OCC)C(=O)OCC. The molecule has 0 aliphatic heterocycles. The predicted octanol–water partition coefficient (Wildman–Crippen LogP) is 3.29. The molecule has 1 aromatic carbocycles. The van der Waals surface area contributed by atoms with Crippen molar-refractivity contribution in [2.75, 3.05) is 13.2 Å². The van der Waals surface area contributed by atoms with Crippen LogP contribution < -0.4 is 5.43 Å². The summed E-state index contributed by atoms with van der Waals surface area (Å²) in [7, 11) is 0. The zero-order chi connectivity index (χ0) is 17.1. The molecule has 6 heteroatoms. The van der Waals surface area contributed by atoms with Crippen molar-refractivity contribution < 1.29 is 19.1 Å². The first kappa shape index (κ1) is 18.5. The fourth-order valence-corrected chi connectivity index (χ4v) is 2.03. The summed E-state index contributed by atoms with van der Waals surface area (Å²) in [6.45, 7) is 7.56. The zero-order valence-corrected chi connectivity index (χ0v) is 13.7. The summed E-state index contributed by atoms with van der Waals surface area (Å²) in [5.41, 5.74) is 3.55. The summed E-state index contributed by atoms with van der Waals surface area (Å²) in [6.07, 6.45) is 1.59. The maximum atomic E-state index is 12.1. The molecule has 2 amide bonds. The van der Waals surface area contributed by atoms with Gasteiger partial charge in [0.25, 0.3) is 0 Å². The molecule has 0 fully saturated rings. The maximum absolute atomic E-state index is 12.1. The Bertz CT molecular complexity index is 505. The molecule has 23 heavy (non-hydrogen) atoms. The molecule has 6 nitrogen and oxygen atoms in total. The highest BCUT2D eigenvalue weighted by Gasteiger charge is 2.25. The van der Waals surface area contributed by atoms with Crippen molar-refractivity contribution in [3.63, 3.8) is 0 Å². The molecule has 1 unspecified atom stereocenters. The van der Waals surface area contributed by atoms with Crippen molar-refractivity contribution in [2.45, 2.75) is 32.7 Å². The molecule has 126 valence electrons. The van der Waals surface area contributed by atoms with Crippen LogP contribution in [0.3, 0.4) is 0 Å². The van der Waals surface area contributed by atoms with E-state index in [1.54, 1.807) is 19.9 Å². The molecule has 1 rings (SSSR count). The number of ether oxygens (including phenoxy) is 2. The molecule has 0 heterocycles. The molecule has 0 aliphatic rings. The summed E-state index contributed by atoms with van der Waals surface area (Å²) in [5.74, 6) is 0. The van der Waals surface area contributed by atoms with E-state index in [0.717, 1.165) is 17.0 Å². The molecule has 1 aromatic rings. The first-order valence-corrected chi connectivity index (χ1v) is 7.68. The van der Waals surface area contributed by atoms with Gasteiger partial charge in [-0.05, 0) is 32.3 Å². The monoisotopic (exact) mass is 320 g/mol. The second-order valence-corrected chi connectivity index (χ2v) is 4.73. The minimum absolute atomic E-state index is 0.211. The third kappa shape index (κ3) is 6.42. The molecule has 1 atom stereocenters. The molecule has 0 aromatic heterocycles. The van der Waals surface area contributed by atoms with E-state index in [0.29, 0.717) is 6.42 Å². The Morgan fingerprint density at radius 1 is 1.22 bits per heavy atom. The third-order valence-corrected chi connectivity index (χ3v) is 3.13. The third-order valence-electron chi connectivity index (χ3n) is 3.13. The van der Waals surface area contributed by atoms with E-state index in [1.165, 1.54) is 0 Å². The van der Waals surface area contributed by atoms with Gasteiger partial charge >= 0.3 is 12.2 Å². The topological polar surface area (TPSA) is 67.9 Å². The van der Waals surface area contributed by atoms with Gasteiger partial charge in [0, 0.05) is 0 Å². The van der Waals surface area contributed by atoms with Gasteiger partial charge in [-0.1, -0.05) is 36.4 Å². The molecule has 0 bridgehead atoms. The molecule has 0 aliphatic carbocycles. The Labute approximate surface area is 137 Å². The van der Waals surface area contributed by atoms with Crippen molar-refractivity contribution in [2.24, 2.45) is 0 Å². The number of carbonyl (C=O) groups excluding carboxylic acids is 2. The van der Waals surface area contributed by atoms with Crippen molar-refractivity contribution in [1.29, 1.82) is 0 Å². The lowest BCUT2D eigenvalue weighted by Crippen LogP contribution is -2.51. The number of hydrogen-bond acceptors (Lipinski definition) is 4. The van der Waals surface area contributed by atoms with Crippen molar-refractivity contribution in [1.82, 2.24) is 10.4 Å². The molecule has 0 saturated heterocycles. The van der Waals surface area contributed by atoms with Crippen molar-refractivity contribution in [3.05, 3.63) is 48.6 Å². The van der Waals surface area contributed by atoms with Gasteiger partial charge < -0.3 is 9.47 Å². The normalized spacial score (nSPS) is 11.2. The number of amides is 2. The number of hydrogen-bond donors (Lipinski definition) is 1. The van der Waals surface area contributed by atoms with Gasteiger partial charge in [0.05, 0.1) is 19.3 Å².